The van der Waals surface area contributed by atoms with E-state index in [1.807, 2.05) is 19.2 Å². The average Bonchev–Trinajstić information content (AvgIpc) is 3.87. The van der Waals surface area contributed by atoms with Crippen molar-refractivity contribution in [3.8, 4) is 11.5 Å². The van der Waals surface area contributed by atoms with Crippen molar-refractivity contribution in [2.45, 2.75) is 81.6 Å². The first-order valence-corrected chi connectivity index (χ1v) is 18.1. The number of rotatable bonds is 14. The summed E-state index contributed by atoms with van der Waals surface area (Å²) in [4.78, 5) is 42.7. The van der Waals surface area contributed by atoms with Crippen molar-refractivity contribution in [3.63, 3.8) is 0 Å². The third-order valence-electron chi connectivity index (χ3n) is 10.9. The van der Waals surface area contributed by atoms with E-state index in [9.17, 15) is 40.2 Å². The number of ether oxygens (including phenoxy) is 1. The molecule has 1 saturated heterocycles. The highest BCUT2D eigenvalue weighted by molar-refractivity contribution is 5.90. The van der Waals surface area contributed by atoms with E-state index in [1.54, 1.807) is 19.2 Å². The zero-order valence-electron chi connectivity index (χ0n) is 30.0. The number of quaternary nitrogens is 1. The predicted molar refractivity (Wildman–Crippen MR) is 193 cm³/mol. The quantitative estimate of drug-likeness (QED) is 0.0816. The molecular weight excluding hydrogens is 702 g/mol. The number of hydrogen-bond acceptors (Lipinski definition) is 13. The van der Waals surface area contributed by atoms with Gasteiger partial charge in [0.15, 0.2) is 11.2 Å². The average molecular weight is 749 g/mol. The molecule has 0 saturated carbocycles. The number of hydrogen-bond donors (Lipinski definition) is 8. The van der Waals surface area contributed by atoms with Crippen LogP contribution in [0.3, 0.4) is 0 Å². The molecule has 7 rings (SSSR count). The summed E-state index contributed by atoms with van der Waals surface area (Å²) in [6.45, 7) is 3.09. The van der Waals surface area contributed by atoms with E-state index in [1.165, 1.54) is 30.3 Å². The highest BCUT2D eigenvalue weighted by Crippen LogP contribution is 2.45. The predicted octanol–water partition coefficient (Wildman–Crippen LogP) is 0.165. The minimum absolute atomic E-state index is 0.0203. The molecule has 4 aliphatic heterocycles. The Morgan fingerprint density at radius 1 is 1.15 bits per heavy atom. The highest BCUT2D eigenvalue weighted by Gasteiger charge is 2.48. The number of carbonyl (C=O) groups excluding carboxylic acids is 1. The molecule has 1 unspecified atom stereocenters. The fourth-order valence-electron chi connectivity index (χ4n) is 7.73. The lowest BCUT2D eigenvalue weighted by Gasteiger charge is -2.43. The van der Waals surface area contributed by atoms with Crippen LogP contribution in [0.1, 0.15) is 43.1 Å². The van der Waals surface area contributed by atoms with E-state index >= 15 is 0 Å². The molecule has 0 spiro atoms. The second kappa shape index (κ2) is 15.0. The second-order valence-electron chi connectivity index (χ2n) is 15.1. The molecule has 3 aromatic rings. The summed E-state index contributed by atoms with van der Waals surface area (Å²) in [5.74, 6) is 0.982. The molecule has 5 heterocycles. The molecule has 0 bridgehead atoms. The topological polar surface area (TPSA) is 225 Å². The Bertz CT molecular complexity index is 2060. The van der Waals surface area contributed by atoms with Crippen molar-refractivity contribution >= 4 is 28.8 Å². The van der Waals surface area contributed by atoms with E-state index in [0.717, 1.165) is 16.2 Å². The van der Waals surface area contributed by atoms with Gasteiger partial charge in [0.1, 0.15) is 72.2 Å². The van der Waals surface area contributed by atoms with Crippen LogP contribution in [-0.2, 0) is 27.4 Å². The van der Waals surface area contributed by atoms with Crippen molar-refractivity contribution < 1.29 is 59.3 Å². The van der Waals surface area contributed by atoms with E-state index in [4.69, 9.17) is 18.9 Å². The molecule has 1 amide bonds. The van der Waals surface area contributed by atoms with Crippen LogP contribution in [0.15, 0.2) is 74.1 Å². The highest BCUT2D eigenvalue weighted by atomic mass is 17.2. The standard InChI is InChI=1S/C39H45N3O12/c1-21-11-29(45)27-13-25-14-31(54-51-20-39(50,37(49)34(48)30(46)19-43)15-22-3-5-26(44)6-4-22)38(2,9-7-23-12-32(47)41-16-23)53-35(25)33(36(27)52-21)42-17-24-8-10-40-28(24)18-42/h3-6,8,10-11,13,18,23,30-31,34,37,43-44,46,48-50H,7,9,12,14-17,19-20H2,1-2H3,(H,41,47)/p+1/t23-,30+,31+,34+,37-,38+,39-/m0/s1. The van der Waals surface area contributed by atoms with Gasteiger partial charge in [0, 0.05) is 49.2 Å². The Balaban J connectivity index is 1.23. The van der Waals surface area contributed by atoms with Crippen LogP contribution in [0.5, 0.6) is 11.5 Å². The summed E-state index contributed by atoms with van der Waals surface area (Å²) < 4.78 is 13.2. The largest absolute Gasteiger partial charge is 0.508 e. The van der Waals surface area contributed by atoms with Gasteiger partial charge in [0.2, 0.25) is 17.2 Å². The number of aryl methyl sites for hydroxylation is 1. The van der Waals surface area contributed by atoms with E-state index in [2.05, 4.69) is 10.3 Å². The number of carbonyl (C=O) groups is 1. The molecule has 1 aromatic heterocycles. The number of nitrogens with zero attached hydrogens (tertiary/aromatic N) is 1. The normalized spacial score (nSPS) is 26.0. The molecule has 15 nitrogen and oxygen atoms in total. The zero-order valence-corrected chi connectivity index (χ0v) is 30.0. The number of allylic oxidation sites excluding steroid dienone is 1. The number of aromatic hydroxyl groups is 1. The molecule has 1 fully saturated rings. The first kappa shape index (κ1) is 37.8. The lowest BCUT2D eigenvalue weighted by molar-refractivity contribution is -0.763. The van der Waals surface area contributed by atoms with Gasteiger partial charge in [-0.15, -0.1) is 0 Å². The van der Waals surface area contributed by atoms with Gasteiger partial charge in [-0.05, 0) is 62.4 Å². The van der Waals surface area contributed by atoms with Crippen LogP contribution in [0.25, 0.3) is 11.0 Å². The summed E-state index contributed by atoms with van der Waals surface area (Å²) >= 11 is 0. The first-order chi connectivity index (χ1) is 25.8. The number of aliphatic imine (C=N–C) groups is 1. The Kier molecular flexibility index (Phi) is 10.5. The van der Waals surface area contributed by atoms with Crippen LogP contribution in [0, 0.1) is 12.8 Å². The molecule has 0 aliphatic carbocycles. The van der Waals surface area contributed by atoms with Crippen molar-refractivity contribution in [2.75, 3.05) is 26.3 Å². The number of fused-ring (bicyclic) bond motifs is 3. The Labute approximate surface area is 310 Å². The van der Waals surface area contributed by atoms with Crippen LogP contribution in [0.4, 0.5) is 5.69 Å². The molecule has 288 valence electrons. The van der Waals surface area contributed by atoms with Crippen LogP contribution in [0.2, 0.25) is 0 Å². The SMILES string of the molecule is Cc1cc(=O)c2cc3c(c([NH+]4C=C5N=CC=C5C4)c2o1)O[C@](C)(CC[C@@H]1CNC(=O)C1)[C@H](OOC[C@@](O)(Cc1ccc(O)cc1)[C@@H](O)[C@H](O)[C@H](O)CO)C3. The maximum atomic E-state index is 13.4. The fourth-order valence-corrected chi connectivity index (χ4v) is 7.73. The Morgan fingerprint density at radius 3 is 2.63 bits per heavy atom. The van der Waals surface area contributed by atoms with Gasteiger partial charge >= 0.3 is 0 Å². The van der Waals surface area contributed by atoms with Crippen molar-refractivity contribution in [3.05, 3.63) is 87.1 Å². The molecule has 0 radical (unpaired) electrons. The number of benzene rings is 2. The van der Waals surface area contributed by atoms with Gasteiger partial charge in [0.25, 0.3) is 0 Å². The first-order valence-electron chi connectivity index (χ1n) is 18.1. The van der Waals surface area contributed by atoms with Gasteiger partial charge in [0.05, 0.1) is 12.0 Å². The number of amides is 1. The number of phenols is 1. The minimum Gasteiger partial charge on any atom is -0.508 e. The van der Waals surface area contributed by atoms with Gasteiger partial charge in [-0.2, -0.15) is 0 Å². The van der Waals surface area contributed by atoms with E-state index < -0.39 is 48.8 Å². The van der Waals surface area contributed by atoms with Crippen LogP contribution >= 0.6 is 0 Å². The van der Waals surface area contributed by atoms with E-state index in [0.29, 0.717) is 71.6 Å². The molecule has 15 heteroatoms. The Morgan fingerprint density at radius 2 is 1.93 bits per heavy atom. The molecule has 8 atom stereocenters. The summed E-state index contributed by atoms with van der Waals surface area (Å²) in [6, 6.07) is 8.98. The second-order valence-corrected chi connectivity index (χ2v) is 15.1. The summed E-state index contributed by atoms with van der Waals surface area (Å²) in [5, 5.41) is 66.1. The van der Waals surface area contributed by atoms with Gasteiger partial charge in [-0.1, -0.05) is 12.1 Å². The maximum Gasteiger partial charge on any atom is 0.222 e. The summed E-state index contributed by atoms with van der Waals surface area (Å²) in [6.07, 6.45) is 0.381. The molecule has 4 aliphatic rings. The maximum absolute atomic E-state index is 13.4. The fraction of sp³-hybridized carbons (Fsp3) is 0.462. The molecule has 2 aromatic carbocycles. The van der Waals surface area contributed by atoms with E-state index in [-0.39, 0.29) is 35.8 Å². The number of aliphatic hydroxyl groups excluding tert-OH is 4. The smallest absolute Gasteiger partial charge is 0.222 e. The number of phenolic OH excluding ortho intramolecular Hbond substituents is 1. The van der Waals surface area contributed by atoms with Crippen molar-refractivity contribution in [1.82, 2.24) is 5.32 Å². The number of aliphatic hydroxyl groups is 5. The van der Waals surface area contributed by atoms with Gasteiger partial charge < -0.3 is 45.1 Å². The van der Waals surface area contributed by atoms with Crippen LogP contribution in [-0.4, -0.2) is 105 Å². The molecule has 54 heavy (non-hydrogen) atoms. The molecular formula is C39H46N3O12+. The minimum atomic E-state index is -2.26. The van der Waals surface area contributed by atoms with Crippen molar-refractivity contribution in [2.24, 2.45) is 10.9 Å². The lowest BCUT2D eigenvalue weighted by Crippen LogP contribution is -3.01. The summed E-state index contributed by atoms with van der Waals surface area (Å²) in [7, 11) is 0. The zero-order chi connectivity index (χ0) is 38.4. The lowest BCUT2D eigenvalue weighted by atomic mass is 9.83. The van der Waals surface area contributed by atoms with Gasteiger partial charge in [-0.25, -0.2) is 9.78 Å². The molecule has 8 N–H and O–H groups in total. The third-order valence-corrected chi connectivity index (χ3v) is 10.9. The number of nitrogens with one attached hydrogen (secondary N) is 2. The summed E-state index contributed by atoms with van der Waals surface area (Å²) in [5.41, 5.74) is 0.452. The third kappa shape index (κ3) is 7.46. The van der Waals surface area contributed by atoms with Crippen molar-refractivity contribution in [1.29, 1.82) is 0 Å². The monoisotopic (exact) mass is 748 g/mol. The Hall–Kier alpha value is -4.45. The van der Waals surface area contributed by atoms with Crippen LogP contribution < -0.4 is 20.4 Å². The van der Waals surface area contributed by atoms with Gasteiger partial charge in [-0.3, -0.25) is 19.5 Å².